The SMILES string of the molecule is O=C(CCCl)NC(n1cncn1)C(Cl)(Cl)CCl. The molecule has 1 unspecified atom stereocenters. The molecule has 0 bridgehead atoms. The summed E-state index contributed by atoms with van der Waals surface area (Å²) in [6.07, 6.45) is 2.04. The van der Waals surface area contributed by atoms with Crippen LogP contribution in [0.2, 0.25) is 0 Å². The average Bonchev–Trinajstić information content (AvgIpc) is 2.79. The van der Waals surface area contributed by atoms with Crippen molar-refractivity contribution in [2.75, 3.05) is 11.8 Å². The molecule has 0 saturated heterocycles. The molecule has 0 radical (unpaired) electrons. The van der Waals surface area contributed by atoms with Crippen molar-refractivity contribution in [3.05, 3.63) is 12.7 Å². The van der Waals surface area contributed by atoms with Gasteiger partial charge >= 0.3 is 0 Å². The van der Waals surface area contributed by atoms with Crippen molar-refractivity contribution < 1.29 is 4.79 Å². The van der Waals surface area contributed by atoms with E-state index in [9.17, 15) is 4.79 Å². The van der Waals surface area contributed by atoms with Crippen molar-refractivity contribution in [3.63, 3.8) is 0 Å². The second-order valence-electron chi connectivity index (χ2n) is 3.18. The highest BCUT2D eigenvalue weighted by Crippen LogP contribution is 2.33. The number of nitrogens with zero attached hydrogens (tertiary/aromatic N) is 3. The number of hydrogen-bond acceptors (Lipinski definition) is 3. The van der Waals surface area contributed by atoms with Crippen LogP contribution in [0.1, 0.15) is 12.6 Å². The number of nitrogens with one attached hydrogen (secondary N) is 1. The smallest absolute Gasteiger partial charge is 0.222 e. The fourth-order valence-electron chi connectivity index (χ4n) is 1.10. The van der Waals surface area contributed by atoms with E-state index >= 15 is 0 Å². The fourth-order valence-corrected chi connectivity index (χ4v) is 1.73. The van der Waals surface area contributed by atoms with Gasteiger partial charge in [0.2, 0.25) is 5.91 Å². The van der Waals surface area contributed by atoms with Crippen molar-refractivity contribution in [2.45, 2.75) is 16.9 Å². The molecule has 0 saturated carbocycles. The van der Waals surface area contributed by atoms with Crippen LogP contribution < -0.4 is 5.32 Å². The van der Waals surface area contributed by atoms with Crippen molar-refractivity contribution in [1.82, 2.24) is 20.1 Å². The van der Waals surface area contributed by atoms with Gasteiger partial charge in [-0.05, 0) is 0 Å². The quantitative estimate of drug-likeness (QED) is 0.815. The summed E-state index contributed by atoms with van der Waals surface area (Å²) in [5, 5.41) is 6.47. The maximum Gasteiger partial charge on any atom is 0.222 e. The number of halogens is 4. The van der Waals surface area contributed by atoms with Gasteiger partial charge in [-0.15, -0.1) is 23.2 Å². The molecule has 0 aliphatic heterocycles. The molecule has 1 atom stereocenters. The highest BCUT2D eigenvalue weighted by Gasteiger charge is 2.37. The second-order valence-corrected chi connectivity index (χ2v) is 5.37. The predicted molar refractivity (Wildman–Crippen MR) is 67.7 cm³/mol. The lowest BCUT2D eigenvalue weighted by atomic mass is 10.3. The first kappa shape index (κ1) is 14.8. The van der Waals surface area contributed by atoms with Crippen molar-refractivity contribution in [1.29, 1.82) is 0 Å². The van der Waals surface area contributed by atoms with Crippen LogP contribution in [-0.2, 0) is 4.79 Å². The summed E-state index contributed by atoms with van der Waals surface area (Å²) < 4.78 is -0.0638. The summed E-state index contributed by atoms with van der Waals surface area (Å²) in [6.45, 7) is 0. The molecule has 0 fully saturated rings. The molecule has 96 valence electrons. The Labute approximate surface area is 118 Å². The summed E-state index contributed by atoms with van der Waals surface area (Å²) in [5.74, 6) is -0.174. The maximum atomic E-state index is 11.5. The highest BCUT2D eigenvalue weighted by atomic mass is 35.5. The number of hydrogen-bond donors (Lipinski definition) is 1. The van der Waals surface area contributed by atoms with E-state index in [1.165, 1.54) is 17.3 Å². The van der Waals surface area contributed by atoms with E-state index in [1.54, 1.807) is 0 Å². The average molecular weight is 320 g/mol. The zero-order valence-electron chi connectivity index (χ0n) is 8.62. The largest absolute Gasteiger partial charge is 0.332 e. The van der Waals surface area contributed by atoms with Gasteiger partial charge in [-0.1, -0.05) is 23.2 Å². The lowest BCUT2D eigenvalue weighted by molar-refractivity contribution is -0.122. The van der Waals surface area contributed by atoms with Gasteiger partial charge in [0.25, 0.3) is 0 Å². The molecule has 1 N–H and O–H groups in total. The van der Waals surface area contributed by atoms with Gasteiger partial charge in [-0.2, -0.15) is 5.10 Å². The van der Waals surface area contributed by atoms with E-state index in [4.69, 9.17) is 46.4 Å². The van der Waals surface area contributed by atoms with Crippen LogP contribution >= 0.6 is 46.4 Å². The summed E-state index contributed by atoms with van der Waals surface area (Å²) >= 11 is 23.2. The molecule has 1 heterocycles. The number of alkyl halides is 4. The first-order valence-corrected chi connectivity index (χ1v) is 6.47. The molecule has 0 spiro atoms. The Bertz CT molecular complexity index is 356. The summed E-state index contributed by atoms with van der Waals surface area (Å²) in [7, 11) is 0. The molecule has 9 heteroatoms. The Hall–Kier alpha value is -0.230. The van der Waals surface area contributed by atoms with Crippen molar-refractivity contribution in [3.8, 4) is 0 Å². The molecule has 5 nitrogen and oxygen atoms in total. The van der Waals surface area contributed by atoms with E-state index in [0.717, 1.165) is 0 Å². The number of aromatic nitrogens is 3. The Morgan fingerprint density at radius 3 is 2.65 bits per heavy atom. The Morgan fingerprint density at radius 2 is 2.18 bits per heavy atom. The van der Waals surface area contributed by atoms with Gasteiger partial charge in [-0.25, -0.2) is 9.67 Å². The van der Waals surface area contributed by atoms with Crippen molar-refractivity contribution in [2.24, 2.45) is 0 Å². The van der Waals surface area contributed by atoms with Crippen molar-refractivity contribution >= 4 is 52.3 Å². The molecule has 1 aromatic heterocycles. The predicted octanol–water partition coefficient (Wildman–Crippen LogP) is 1.93. The zero-order valence-corrected chi connectivity index (χ0v) is 11.6. The standard InChI is InChI=1S/C8H10Cl4N4O/c9-2-1-6(17)15-7(8(11,12)3-10)16-5-13-4-14-16/h4-5,7H,1-3H2,(H,15,17). The molecule has 0 aromatic carbocycles. The lowest BCUT2D eigenvalue weighted by Gasteiger charge is -2.28. The Balaban J connectivity index is 2.84. The third-order valence-electron chi connectivity index (χ3n) is 1.90. The molecule has 1 amide bonds. The van der Waals surface area contributed by atoms with Crippen LogP contribution in [0.5, 0.6) is 0 Å². The first-order valence-electron chi connectivity index (χ1n) is 4.64. The van der Waals surface area contributed by atoms with Crippen LogP contribution in [-0.4, -0.2) is 36.8 Å². The third-order valence-corrected chi connectivity index (χ3v) is 3.46. The lowest BCUT2D eigenvalue weighted by Crippen LogP contribution is -2.44. The molecule has 1 aromatic rings. The zero-order chi connectivity index (χ0) is 12.9. The van der Waals surface area contributed by atoms with Crippen LogP contribution in [0.4, 0.5) is 0 Å². The van der Waals surface area contributed by atoms with E-state index in [1.807, 2.05) is 0 Å². The van der Waals surface area contributed by atoms with Crippen LogP contribution in [0.15, 0.2) is 12.7 Å². The van der Waals surface area contributed by atoms with Crippen LogP contribution in [0.3, 0.4) is 0 Å². The van der Waals surface area contributed by atoms with Crippen LogP contribution in [0, 0.1) is 0 Å². The topological polar surface area (TPSA) is 59.8 Å². The van der Waals surface area contributed by atoms with Gasteiger partial charge in [0.05, 0.1) is 5.88 Å². The van der Waals surface area contributed by atoms with Gasteiger partial charge in [-0.3, -0.25) is 4.79 Å². The minimum absolute atomic E-state index is 0.0816. The second kappa shape index (κ2) is 6.64. The van der Waals surface area contributed by atoms with Gasteiger partial charge in [0, 0.05) is 12.3 Å². The van der Waals surface area contributed by atoms with Crippen LogP contribution in [0.25, 0.3) is 0 Å². The normalized spacial score (nSPS) is 13.4. The molecule has 0 aliphatic carbocycles. The fraction of sp³-hybridized carbons (Fsp3) is 0.625. The summed E-state index contributed by atoms with van der Waals surface area (Å²) in [5.41, 5.74) is 0. The first-order chi connectivity index (χ1) is 8.01. The minimum Gasteiger partial charge on any atom is -0.332 e. The number of rotatable bonds is 6. The molecule has 0 aliphatic rings. The van der Waals surface area contributed by atoms with E-state index in [2.05, 4.69) is 15.4 Å². The minimum atomic E-state index is -1.39. The summed E-state index contributed by atoms with van der Waals surface area (Å²) in [4.78, 5) is 15.3. The van der Waals surface area contributed by atoms with Gasteiger partial charge in [0.15, 0.2) is 10.5 Å². The molecule has 1 rings (SSSR count). The number of amides is 1. The maximum absolute atomic E-state index is 11.5. The van der Waals surface area contributed by atoms with Gasteiger partial charge in [0.1, 0.15) is 12.7 Å². The van der Waals surface area contributed by atoms with E-state index in [-0.39, 0.29) is 24.1 Å². The highest BCUT2D eigenvalue weighted by molar-refractivity contribution is 6.51. The molecule has 17 heavy (non-hydrogen) atoms. The van der Waals surface area contributed by atoms with E-state index in [0.29, 0.717) is 0 Å². The number of carbonyl (C=O) groups excluding carboxylic acids is 1. The molecular weight excluding hydrogens is 310 g/mol. The van der Waals surface area contributed by atoms with E-state index < -0.39 is 10.5 Å². The molecular formula is C8H10Cl4N4O. The summed E-state index contributed by atoms with van der Waals surface area (Å²) in [6, 6.07) is 0. The third kappa shape index (κ3) is 4.17. The Kier molecular flexibility index (Phi) is 5.79. The van der Waals surface area contributed by atoms with Gasteiger partial charge < -0.3 is 5.32 Å². The Morgan fingerprint density at radius 1 is 1.47 bits per heavy atom. The monoisotopic (exact) mass is 318 g/mol. The number of carbonyl (C=O) groups is 1.